The first-order valence-electron chi connectivity index (χ1n) is 7.20. The number of carbonyl (C=O) groups is 1. The van der Waals surface area contributed by atoms with Crippen molar-refractivity contribution >= 4 is 5.91 Å². The minimum atomic E-state index is -0.394. The highest BCUT2D eigenvalue weighted by molar-refractivity contribution is 5.78. The molecule has 106 valence electrons. The Bertz CT molecular complexity index is 248. The number of amides is 1. The second kappa shape index (κ2) is 7.74. The molecule has 1 aliphatic rings. The van der Waals surface area contributed by atoms with Crippen LogP contribution in [0.1, 0.15) is 52.9 Å². The Morgan fingerprint density at radius 3 is 2.39 bits per heavy atom. The van der Waals surface area contributed by atoms with Crippen LogP contribution in [0.3, 0.4) is 0 Å². The topological polar surface area (TPSA) is 52.6 Å². The largest absolute Gasteiger partial charge is 0.392 e. The maximum Gasteiger partial charge on any atom is 0.234 e. The van der Waals surface area contributed by atoms with Gasteiger partial charge in [-0.1, -0.05) is 19.3 Å². The molecule has 1 aliphatic carbocycles. The summed E-state index contributed by atoms with van der Waals surface area (Å²) in [6.45, 7) is 6.80. The van der Waals surface area contributed by atoms with E-state index in [0.717, 1.165) is 12.8 Å². The predicted octanol–water partition coefficient (Wildman–Crippen LogP) is 1.53. The summed E-state index contributed by atoms with van der Waals surface area (Å²) in [5.41, 5.74) is 0. The molecule has 18 heavy (non-hydrogen) atoms. The van der Waals surface area contributed by atoms with Gasteiger partial charge in [-0.15, -0.1) is 0 Å². The van der Waals surface area contributed by atoms with Crippen LogP contribution in [0.4, 0.5) is 0 Å². The molecule has 0 saturated heterocycles. The van der Waals surface area contributed by atoms with Gasteiger partial charge in [0.2, 0.25) is 5.91 Å². The number of rotatable bonds is 6. The lowest BCUT2D eigenvalue weighted by Crippen LogP contribution is -2.46. The van der Waals surface area contributed by atoms with Gasteiger partial charge in [0.15, 0.2) is 0 Å². The molecule has 0 aromatic carbocycles. The number of carbonyl (C=O) groups excluding carboxylic acids is 1. The van der Waals surface area contributed by atoms with E-state index < -0.39 is 6.10 Å². The van der Waals surface area contributed by atoms with Crippen LogP contribution in [-0.4, -0.2) is 47.2 Å². The Kier molecular flexibility index (Phi) is 6.65. The fourth-order valence-corrected chi connectivity index (χ4v) is 2.50. The second-order valence-corrected chi connectivity index (χ2v) is 5.77. The average molecular weight is 256 g/mol. The molecule has 4 heteroatoms. The quantitative estimate of drug-likeness (QED) is 0.758. The van der Waals surface area contributed by atoms with Crippen molar-refractivity contribution in [2.45, 2.75) is 71.1 Å². The fourth-order valence-electron chi connectivity index (χ4n) is 2.50. The van der Waals surface area contributed by atoms with Crippen molar-refractivity contribution < 1.29 is 9.90 Å². The van der Waals surface area contributed by atoms with E-state index in [1.54, 1.807) is 6.92 Å². The van der Waals surface area contributed by atoms with Crippen LogP contribution < -0.4 is 5.32 Å². The molecule has 1 rings (SSSR count). The van der Waals surface area contributed by atoms with Gasteiger partial charge in [-0.2, -0.15) is 0 Å². The van der Waals surface area contributed by atoms with Gasteiger partial charge < -0.3 is 10.4 Å². The van der Waals surface area contributed by atoms with Crippen LogP contribution in [0.5, 0.6) is 0 Å². The van der Waals surface area contributed by atoms with E-state index >= 15 is 0 Å². The summed E-state index contributed by atoms with van der Waals surface area (Å²) in [5.74, 6) is 0.0937. The first-order chi connectivity index (χ1) is 8.49. The zero-order chi connectivity index (χ0) is 13.5. The smallest absolute Gasteiger partial charge is 0.234 e. The number of aliphatic hydroxyl groups excluding tert-OH is 1. The molecule has 0 radical (unpaired) electrons. The lowest BCUT2D eigenvalue weighted by molar-refractivity contribution is -0.123. The maximum atomic E-state index is 12.0. The number of nitrogens with zero attached hydrogens (tertiary/aromatic N) is 1. The zero-order valence-electron chi connectivity index (χ0n) is 12.0. The summed E-state index contributed by atoms with van der Waals surface area (Å²) in [7, 11) is 0. The Morgan fingerprint density at radius 2 is 1.89 bits per heavy atom. The number of aliphatic hydroxyl groups is 1. The number of hydrogen-bond donors (Lipinski definition) is 2. The van der Waals surface area contributed by atoms with Gasteiger partial charge >= 0.3 is 0 Å². The third-order valence-corrected chi connectivity index (χ3v) is 3.55. The van der Waals surface area contributed by atoms with E-state index in [0.29, 0.717) is 19.1 Å². The molecule has 0 heterocycles. The van der Waals surface area contributed by atoms with Crippen molar-refractivity contribution in [3.05, 3.63) is 0 Å². The Balaban J connectivity index is 2.35. The van der Waals surface area contributed by atoms with Crippen molar-refractivity contribution in [2.75, 3.05) is 13.1 Å². The Morgan fingerprint density at radius 1 is 1.28 bits per heavy atom. The van der Waals surface area contributed by atoms with Crippen LogP contribution in [0, 0.1) is 0 Å². The summed E-state index contributed by atoms with van der Waals surface area (Å²) in [5, 5.41) is 12.5. The maximum absolute atomic E-state index is 12.0. The Labute approximate surface area is 111 Å². The third kappa shape index (κ3) is 5.83. The molecular weight excluding hydrogens is 228 g/mol. The van der Waals surface area contributed by atoms with E-state index in [1.807, 2.05) is 4.90 Å². The van der Waals surface area contributed by atoms with Crippen molar-refractivity contribution in [2.24, 2.45) is 0 Å². The van der Waals surface area contributed by atoms with E-state index in [2.05, 4.69) is 19.2 Å². The first kappa shape index (κ1) is 15.4. The van der Waals surface area contributed by atoms with Gasteiger partial charge in [-0.3, -0.25) is 9.69 Å². The minimum absolute atomic E-state index is 0.0937. The van der Waals surface area contributed by atoms with Crippen LogP contribution in [0.25, 0.3) is 0 Å². The summed E-state index contributed by atoms with van der Waals surface area (Å²) < 4.78 is 0. The second-order valence-electron chi connectivity index (χ2n) is 5.77. The van der Waals surface area contributed by atoms with Gasteiger partial charge in [0.25, 0.3) is 0 Å². The molecule has 0 aromatic rings. The highest BCUT2D eigenvalue weighted by atomic mass is 16.3. The summed E-state index contributed by atoms with van der Waals surface area (Å²) in [6.07, 6.45) is 5.59. The van der Waals surface area contributed by atoms with Gasteiger partial charge in [-0.05, 0) is 33.6 Å². The highest BCUT2D eigenvalue weighted by Crippen LogP contribution is 2.17. The van der Waals surface area contributed by atoms with E-state index in [-0.39, 0.29) is 11.9 Å². The molecule has 1 unspecified atom stereocenters. The normalized spacial score (nSPS) is 19.2. The van der Waals surface area contributed by atoms with Crippen molar-refractivity contribution in [1.82, 2.24) is 10.2 Å². The number of nitrogens with one attached hydrogen (secondary N) is 1. The van der Waals surface area contributed by atoms with Crippen molar-refractivity contribution in [3.8, 4) is 0 Å². The van der Waals surface area contributed by atoms with Crippen LogP contribution in [0.15, 0.2) is 0 Å². The highest BCUT2D eigenvalue weighted by Gasteiger charge is 2.19. The summed E-state index contributed by atoms with van der Waals surface area (Å²) >= 11 is 0. The van der Waals surface area contributed by atoms with Gasteiger partial charge in [0, 0.05) is 18.6 Å². The summed E-state index contributed by atoms with van der Waals surface area (Å²) in [4.78, 5) is 14.0. The van der Waals surface area contributed by atoms with Crippen molar-refractivity contribution in [3.63, 3.8) is 0 Å². The third-order valence-electron chi connectivity index (χ3n) is 3.55. The molecule has 0 aliphatic heterocycles. The van der Waals surface area contributed by atoms with Gasteiger partial charge in [-0.25, -0.2) is 0 Å². The molecule has 1 amide bonds. The Hall–Kier alpha value is -0.610. The van der Waals surface area contributed by atoms with Gasteiger partial charge in [0.1, 0.15) is 0 Å². The first-order valence-corrected chi connectivity index (χ1v) is 7.20. The monoisotopic (exact) mass is 256 g/mol. The molecule has 1 atom stereocenters. The van der Waals surface area contributed by atoms with Gasteiger partial charge in [0.05, 0.1) is 12.6 Å². The lowest BCUT2D eigenvalue weighted by Gasteiger charge is -2.29. The fraction of sp³-hybridized carbons (Fsp3) is 0.929. The number of hydrogen-bond acceptors (Lipinski definition) is 3. The van der Waals surface area contributed by atoms with Crippen LogP contribution >= 0.6 is 0 Å². The predicted molar refractivity (Wildman–Crippen MR) is 73.4 cm³/mol. The zero-order valence-corrected chi connectivity index (χ0v) is 12.0. The molecule has 2 N–H and O–H groups in total. The van der Waals surface area contributed by atoms with E-state index in [9.17, 15) is 9.90 Å². The molecule has 0 aromatic heterocycles. The molecule has 0 bridgehead atoms. The van der Waals surface area contributed by atoms with Crippen LogP contribution in [0.2, 0.25) is 0 Å². The van der Waals surface area contributed by atoms with Crippen LogP contribution in [-0.2, 0) is 4.79 Å². The minimum Gasteiger partial charge on any atom is -0.392 e. The molecule has 4 nitrogen and oxygen atoms in total. The molecule has 0 spiro atoms. The van der Waals surface area contributed by atoms with Crippen molar-refractivity contribution in [1.29, 1.82) is 0 Å². The van der Waals surface area contributed by atoms with E-state index in [1.165, 1.54) is 19.3 Å². The SMILES string of the molecule is CC(O)CN(CC(=O)NC1CCCCC1)C(C)C. The molecule has 1 saturated carbocycles. The molecular formula is C14H28N2O2. The average Bonchev–Trinajstić information content (AvgIpc) is 2.28. The lowest BCUT2D eigenvalue weighted by atomic mass is 9.95. The standard InChI is InChI=1S/C14H28N2O2/c1-11(2)16(9-12(3)17)10-14(18)15-13-7-5-4-6-8-13/h11-13,17H,4-10H2,1-3H3,(H,15,18). The summed E-state index contributed by atoms with van der Waals surface area (Å²) in [6, 6.07) is 0.642. The molecule has 1 fully saturated rings. The van der Waals surface area contributed by atoms with E-state index in [4.69, 9.17) is 0 Å².